The SMILES string of the molecule is CC(C)CC[C@H](C)N1C(=O)[C@H](CC(=O)Nc2ccccc2F)SC1=Nc1ccc(S(=O)(=O)N2CCOCC2)cc1. The van der Waals surface area contributed by atoms with Crippen LogP contribution in [0.5, 0.6) is 0 Å². The Morgan fingerprint density at radius 3 is 2.42 bits per heavy atom. The molecular weight excluding hydrogens is 555 g/mol. The van der Waals surface area contributed by atoms with Crippen LogP contribution in [0.1, 0.15) is 40.0 Å². The number of nitrogens with zero attached hydrogens (tertiary/aromatic N) is 3. The molecule has 0 bridgehead atoms. The first-order chi connectivity index (χ1) is 19.1. The van der Waals surface area contributed by atoms with Crippen molar-refractivity contribution >= 4 is 50.1 Å². The molecule has 0 aliphatic carbocycles. The number of hydrogen-bond donors (Lipinski definition) is 1. The lowest BCUT2D eigenvalue weighted by Crippen LogP contribution is -2.40. The lowest BCUT2D eigenvalue weighted by molar-refractivity contribution is -0.129. The van der Waals surface area contributed by atoms with E-state index in [1.54, 1.807) is 23.1 Å². The highest BCUT2D eigenvalue weighted by Crippen LogP contribution is 2.35. The minimum atomic E-state index is -3.64. The van der Waals surface area contributed by atoms with Crippen molar-refractivity contribution in [2.24, 2.45) is 10.9 Å². The first-order valence-corrected chi connectivity index (χ1v) is 15.7. The van der Waals surface area contributed by atoms with Gasteiger partial charge >= 0.3 is 0 Å². The fourth-order valence-corrected chi connectivity index (χ4v) is 7.13. The van der Waals surface area contributed by atoms with Crippen LogP contribution >= 0.6 is 11.8 Å². The zero-order chi connectivity index (χ0) is 28.9. The van der Waals surface area contributed by atoms with Crippen LogP contribution < -0.4 is 5.32 Å². The van der Waals surface area contributed by atoms with E-state index in [9.17, 15) is 22.4 Å². The molecule has 4 rings (SSSR count). The van der Waals surface area contributed by atoms with E-state index in [1.807, 2.05) is 6.92 Å². The maximum Gasteiger partial charge on any atom is 0.243 e. The second-order valence-corrected chi connectivity index (χ2v) is 13.4. The Balaban J connectivity index is 1.53. The quantitative estimate of drug-likeness (QED) is 0.432. The molecule has 2 aromatic rings. The number of hydrogen-bond acceptors (Lipinski definition) is 7. The van der Waals surface area contributed by atoms with E-state index >= 15 is 0 Å². The molecule has 0 aromatic heterocycles. The molecule has 2 saturated heterocycles. The van der Waals surface area contributed by atoms with Crippen molar-refractivity contribution in [2.75, 3.05) is 31.6 Å². The highest BCUT2D eigenvalue weighted by atomic mass is 32.2. The van der Waals surface area contributed by atoms with Gasteiger partial charge in [0.1, 0.15) is 11.1 Å². The van der Waals surface area contributed by atoms with Crippen LogP contribution in [0.4, 0.5) is 15.8 Å². The van der Waals surface area contributed by atoms with Gasteiger partial charge in [0.25, 0.3) is 0 Å². The number of rotatable bonds is 10. The number of carbonyl (C=O) groups excluding carboxylic acids is 2. The van der Waals surface area contributed by atoms with Crippen molar-refractivity contribution in [2.45, 2.75) is 56.2 Å². The number of carbonyl (C=O) groups is 2. The summed E-state index contributed by atoms with van der Waals surface area (Å²) in [6.07, 6.45) is 1.53. The van der Waals surface area contributed by atoms with E-state index in [-0.39, 0.29) is 29.0 Å². The molecule has 2 atom stereocenters. The number of benzene rings is 2. The van der Waals surface area contributed by atoms with Crippen LogP contribution in [0.15, 0.2) is 58.4 Å². The number of anilines is 1. The van der Waals surface area contributed by atoms with Gasteiger partial charge in [-0.3, -0.25) is 14.5 Å². The predicted octanol–water partition coefficient (Wildman–Crippen LogP) is 4.63. The van der Waals surface area contributed by atoms with Gasteiger partial charge in [-0.25, -0.2) is 17.8 Å². The van der Waals surface area contributed by atoms with Gasteiger partial charge in [0.05, 0.1) is 29.5 Å². The Kier molecular flexibility index (Phi) is 9.99. The molecule has 0 spiro atoms. The number of amidine groups is 1. The zero-order valence-corrected chi connectivity index (χ0v) is 24.5. The van der Waals surface area contributed by atoms with Crippen LogP contribution in [0.2, 0.25) is 0 Å². The molecule has 0 unspecified atom stereocenters. The smallest absolute Gasteiger partial charge is 0.243 e. The van der Waals surface area contributed by atoms with E-state index in [0.29, 0.717) is 43.1 Å². The number of nitrogens with one attached hydrogen (secondary N) is 1. The molecule has 40 heavy (non-hydrogen) atoms. The number of aliphatic imine (C=N–C) groups is 1. The highest BCUT2D eigenvalue weighted by Gasteiger charge is 2.41. The Hall–Kier alpha value is -2.80. The third-order valence-electron chi connectivity index (χ3n) is 6.76. The molecule has 2 aliphatic heterocycles. The normalized spacial score (nSPS) is 20.3. The molecule has 9 nitrogen and oxygen atoms in total. The molecule has 0 saturated carbocycles. The van der Waals surface area contributed by atoms with E-state index in [1.165, 1.54) is 46.4 Å². The Morgan fingerprint density at radius 1 is 1.10 bits per heavy atom. The molecule has 2 amide bonds. The van der Waals surface area contributed by atoms with Gasteiger partial charge < -0.3 is 10.1 Å². The molecule has 0 radical (unpaired) electrons. The topological polar surface area (TPSA) is 108 Å². The van der Waals surface area contributed by atoms with Crippen molar-refractivity contribution < 1.29 is 27.1 Å². The highest BCUT2D eigenvalue weighted by molar-refractivity contribution is 8.15. The Labute approximate surface area is 239 Å². The number of amides is 2. The van der Waals surface area contributed by atoms with Crippen molar-refractivity contribution in [3.8, 4) is 0 Å². The largest absolute Gasteiger partial charge is 0.379 e. The fraction of sp³-hybridized carbons (Fsp3) is 0.464. The Morgan fingerprint density at radius 2 is 1.77 bits per heavy atom. The lowest BCUT2D eigenvalue weighted by atomic mass is 10.0. The number of morpholine rings is 1. The summed E-state index contributed by atoms with van der Waals surface area (Å²) in [7, 11) is -3.64. The minimum absolute atomic E-state index is 0.0612. The third kappa shape index (κ3) is 7.28. The zero-order valence-electron chi connectivity index (χ0n) is 22.9. The third-order valence-corrected chi connectivity index (χ3v) is 9.82. The number of ether oxygens (including phenoxy) is 1. The first kappa shape index (κ1) is 30.2. The summed E-state index contributed by atoms with van der Waals surface area (Å²) >= 11 is 1.19. The number of para-hydroxylation sites is 1. The van der Waals surface area contributed by atoms with Gasteiger partial charge in [0.15, 0.2) is 5.17 Å². The van der Waals surface area contributed by atoms with Crippen LogP contribution in [-0.4, -0.2) is 72.2 Å². The predicted molar refractivity (Wildman–Crippen MR) is 155 cm³/mol. The van der Waals surface area contributed by atoms with E-state index in [4.69, 9.17) is 9.73 Å². The van der Waals surface area contributed by atoms with E-state index in [0.717, 1.165) is 12.8 Å². The summed E-state index contributed by atoms with van der Waals surface area (Å²) in [5.41, 5.74) is 0.555. The van der Waals surface area contributed by atoms with Gasteiger partial charge in [0, 0.05) is 25.6 Å². The Bertz CT molecular complexity index is 1340. The van der Waals surface area contributed by atoms with Crippen molar-refractivity contribution in [3.05, 3.63) is 54.3 Å². The van der Waals surface area contributed by atoms with Gasteiger partial charge in [-0.15, -0.1) is 0 Å². The average molecular weight is 591 g/mol. The molecule has 1 N–H and O–H groups in total. The molecule has 2 fully saturated rings. The summed E-state index contributed by atoms with van der Waals surface area (Å²) in [5.74, 6) is -0.789. The summed E-state index contributed by atoms with van der Waals surface area (Å²) < 4.78 is 46.6. The van der Waals surface area contributed by atoms with Crippen LogP contribution in [-0.2, 0) is 24.3 Å². The summed E-state index contributed by atoms with van der Waals surface area (Å²) in [6.45, 7) is 7.52. The summed E-state index contributed by atoms with van der Waals surface area (Å²) in [6, 6.07) is 12.0. The van der Waals surface area contributed by atoms with Crippen LogP contribution in [0.3, 0.4) is 0 Å². The van der Waals surface area contributed by atoms with Gasteiger partial charge in [-0.2, -0.15) is 4.31 Å². The number of halogens is 1. The maximum absolute atomic E-state index is 14.0. The van der Waals surface area contributed by atoms with Gasteiger partial charge in [0.2, 0.25) is 21.8 Å². The molecule has 216 valence electrons. The van der Waals surface area contributed by atoms with Crippen molar-refractivity contribution in [1.82, 2.24) is 9.21 Å². The first-order valence-electron chi connectivity index (χ1n) is 13.4. The monoisotopic (exact) mass is 590 g/mol. The summed E-state index contributed by atoms with van der Waals surface area (Å²) in [5, 5.41) is 2.28. The van der Waals surface area contributed by atoms with Crippen molar-refractivity contribution in [1.29, 1.82) is 0 Å². The van der Waals surface area contributed by atoms with Crippen LogP contribution in [0, 0.1) is 11.7 Å². The fourth-order valence-electron chi connectivity index (χ4n) is 4.47. The maximum atomic E-state index is 14.0. The molecule has 12 heteroatoms. The second kappa shape index (κ2) is 13.2. The molecule has 2 aliphatic rings. The standard InChI is InChI=1S/C28H35FN4O5S2/c1-19(2)8-9-20(3)33-27(35)25(18-26(34)31-24-7-5-4-6-23(24)29)39-28(33)30-21-10-12-22(13-11-21)40(36,37)32-14-16-38-17-15-32/h4-7,10-13,19-20,25H,8-9,14-18H2,1-3H3,(H,31,34)/t20-,25-/m0/s1. The minimum Gasteiger partial charge on any atom is -0.379 e. The van der Waals surface area contributed by atoms with Crippen molar-refractivity contribution in [3.63, 3.8) is 0 Å². The lowest BCUT2D eigenvalue weighted by Gasteiger charge is -2.26. The van der Waals surface area contributed by atoms with Gasteiger partial charge in [-0.05, 0) is 62.1 Å². The van der Waals surface area contributed by atoms with Gasteiger partial charge in [-0.1, -0.05) is 37.7 Å². The molecule has 2 aromatic carbocycles. The van der Waals surface area contributed by atoms with E-state index < -0.39 is 27.0 Å². The molecule has 2 heterocycles. The number of thioether (sulfide) groups is 1. The number of sulfonamides is 1. The van der Waals surface area contributed by atoms with E-state index in [2.05, 4.69) is 19.2 Å². The molecular formula is C28H35FN4O5S2. The summed E-state index contributed by atoms with van der Waals surface area (Å²) in [4.78, 5) is 32.7. The average Bonchev–Trinajstić information content (AvgIpc) is 3.23. The van der Waals surface area contributed by atoms with Crippen LogP contribution in [0.25, 0.3) is 0 Å². The second-order valence-electron chi connectivity index (χ2n) is 10.3.